The number of aromatic nitrogens is 2. The monoisotopic (exact) mass is 424 g/mol. The molecule has 0 aliphatic carbocycles. The summed E-state index contributed by atoms with van der Waals surface area (Å²) >= 11 is 11.6. The van der Waals surface area contributed by atoms with E-state index in [1.807, 2.05) is 55.6 Å². The minimum absolute atomic E-state index is 0.377. The molecule has 0 fully saturated rings. The second-order valence-electron chi connectivity index (χ2n) is 6.53. The molecule has 4 aromatic rings. The molecule has 0 bridgehead atoms. The van der Waals surface area contributed by atoms with E-state index in [4.69, 9.17) is 28.2 Å². The average Bonchev–Trinajstić information content (AvgIpc) is 3.10. The van der Waals surface area contributed by atoms with Gasteiger partial charge in [0.05, 0.1) is 6.54 Å². The number of nitrogens with one attached hydrogen (secondary N) is 2. The molecule has 6 nitrogen and oxygen atoms in total. The Balaban J connectivity index is 1.44. The van der Waals surface area contributed by atoms with E-state index >= 15 is 0 Å². The Morgan fingerprint density at radius 2 is 2.00 bits per heavy atom. The summed E-state index contributed by atoms with van der Waals surface area (Å²) in [6.07, 6.45) is 1.85. The average molecular weight is 425 g/mol. The molecule has 0 aliphatic rings. The highest BCUT2D eigenvalue weighted by Gasteiger charge is 2.07. The minimum Gasteiger partial charge on any atom is -0.423 e. The largest absolute Gasteiger partial charge is 0.423 e. The molecular formula is C21H17ClN4O2S. The van der Waals surface area contributed by atoms with Crippen molar-refractivity contribution in [3.05, 3.63) is 87.4 Å². The van der Waals surface area contributed by atoms with Crippen LogP contribution in [0.15, 0.2) is 70.0 Å². The van der Waals surface area contributed by atoms with E-state index in [-0.39, 0.29) is 5.63 Å². The third-order valence-corrected chi connectivity index (χ3v) is 4.95. The topological polar surface area (TPSA) is 72.1 Å². The molecule has 8 heteroatoms. The molecule has 29 heavy (non-hydrogen) atoms. The van der Waals surface area contributed by atoms with Gasteiger partial charge in [0.1, 0.15) is 5.58 Å². The van der Waals surface area contributed by atoms with Gasteiger partial charge in [0.2, 0.25) is 0 Å². The molecule has 0 saturated carbocycles. The summed E-state index contributed by atoms with van der Waals surface area (Å²) in [5.41, 5.74) is 2.69. The van der Waals surface area contributed by atoms with Crippen molar-refractivity contribution in [2.75, 3.05) is 10.6 Å². The fourth-order valence-corrected chi connectivity index (χ4v) is 3.42. The van der Waals surface area contributed by atoms with E-state index in [9.17, 15) is 4.79 Å². The molecule has 2 N–H and O–H groups in total. The van der Waals surface area contributed by atoms with Gasteiger partial charge in [-0.2, -0.15) is 5.10 Å². The van der Waals surface area contributed by atoms with Crippen LogP contribution < -0.4 is 16.3 Å². The molecular weight excluding hydrogens is 408 g/mol. The Morgan fingerprint density at radius 3 is 2.83 bits per heavy atom. The summed E-state index contributed by atoms with van der Waals surface area (Å²) < 4.78 is 7.04. The summed E-state index contributed by atoms with van der Waals surface area (Å²) in [6.45, 7) is 2.43. The molecule has 146 valence electrons. The van der Waals surface area contributed by atoms with Crippen LogP contribution in [0.2, 0.25) is 5.02 Å². The number of halogens is 1. The zero-order valence-corrected chi connectivity index (χ0v) is 17.1. The SMILES string of the molecule is Cc1cc(=O)oc2cc(NC(=S)Nc3ccn(Cc4ccccc4Cl)n3)ccc12. The Hall–Kier alpha value is -3.16. The van der Waals surface area contributed by atoms with E-state index in [1.165, 1.54) is 6.07 Å². The van der Waals surface area contributed by atoms with Gasteiger partial charge in [-0.1, -0.05) is 29.8 Å². The molecule has 2 heterocycles. The maximum Gasteiger partial charge on any atom is 0.336 e. The first-order chi connectivity index (χ1) is 14.0. The zero-order valence-electron chi connectivity index (χ0n) is 15.5. The first kappa shape index (κ1) is 19.2. The lowest BCUT2D eigenvalue weighted by atomic mass is 10.1. The zero-order chi connectivity index (χ0) is 20.4. The summed E-state index contributed by atoms with van der Waals surface area (Å²) in [6, 6.07) is 16.5. The Morgan fingerprint density at radius 1 is 1.17 bits per heavy atom. The van der Waals surface area contributed by atoms with Gasteiger partial charge in [0, 0.05) is 40.5 Å². The van der Waals surface area contributed by atoms with Crippen LogP contribution in [-0.4, -0.2) is 14.9 Å². The quantitative estimate of drug-likeness (QED) is 0.362. The molecule has 0 aliphatic heterocycles. The van der Waals surface area contributed by atoms with Crippen LogP contribution >= 0.6 is 23.8 Å². The molecule has 0 saturated heterocycles. The molecule has 0 radical (unpaired) electrons. The van der Waals surface area contributed by atoms with Gasteiger partial charge in [-0.25, -0.2) is 4.79 Å². The Kier molecular flexibility index (Phi) is 5.33. The van der Waals surface area contributed by atoms with Crippen LogP contribution in [0.5, 0.6) is 0 Å². The number of benzene rings is 2. The summed E-state index contributed by atoms with van der Waals surface area (Å²) in [5.74, 6) is 0.609. The number of fused-ring (bicyclic) bond motifs is 1. The summed E-state index contributed by atoms with van der Waals surface area (Å²) in [4.78, 5) is 11.6. The minimum atomic E-state index is -0.378. The number of aryl methyl sites for hydroxylation is 1. The van der Waals surface area contributed by atoms with E-state index in [0.717, 1.165) is 16.5 Å². The van der Waals surface area contributed by atoms with Gasteiger partial charge in [0.15, 0.2) is 10.9 Å². The van der Waals surface area contributed by atoms with Crippen molar-refractivity contribution in [2.24, 2.45) is 0 Å². The van der Waals surface area contributed by atoms with Crippen molar-refractivity contribution in [1.29, 1.82) is 0 Å². The lowest BCUT2D eigenvalue weighted by molar-refractivity contribution is 0.560. The maximum absolute atomic E-state index is 11.6. The van der Waals surface area contributed by atoms with Crippen LogP contribution in [0.25, 0.3) is 11.0 Å². The van der Waals surface area contributed by atoms with Crippen molar-refractivity contribution in [3.8, 4) is 0 Å². The fraction of sp³-hybridized carbons (Fsp3) is 0.0952. The van der Waals surface area contributed by atoms with E-state index < -0.39 is 0 Å². The third-order valence-electron chi connectivity index (χ3n) is 4.38. The van der Waals surface area contributed by atoms with Crippen LogP contribution in [0, 0.1) is 6.92 Å². The van der Waals surface area contributed by atoms with Crippen molar-refractivity contribution in [1.82, 2.24) is 9.78 Å². The summed E-state index contributed by atoms with van der Waals surface area (Å²) in [5, 5.41) is 12.5. The first-order valence-electron chi connectivity index (χ1n) is 8.87. The molecule has 2 aromatic carbocycles. The second kappa shape index (κ2) is 8.06. The number of rotatable bonds is 4. The van der Waals surface area contributed by atoms with Crippen LogP contribution in [0.4, 0.5) is 11.5 Å². The highest BCUT2D eigenvalue weighted by Crippen LogP contribution is 2.21. The van der Waals surface area contributed by atoms with Gasteiger partial charge < -0.3 is 15.1 Å². The molecule has 4 rings (SSSR count). The van der Waals surface area contributed by atoms with E-state index in [2.05, 4.69) is 15.7 Å². The lowest BCUT2D eigenvalue weighted by Gasteiger charge is -2.10. The Labute approximate surface area is 177 Å². The van der Waals surface area contributed by atoms with Gasteiger partial charge in [-0.15, -0.1) is 0 Å². The van der Waals surface area contributed by atoms with Crippen molar-refractivity contribution in [2.45, 2.75) is 13.5 Å². The van der Waals surface area contributed by atoms with Crippen LogP contribution in [0.1, 0.15) is 11.1 Å². The molecule has 2 aromatic heterocycles. The van der Waals surface area contributed by atoms with Crippen LogP contribution in [0.3, 0.4) is 0 Å². The number of hydrogen-bond donors (Lipinski definition) is 2. The number of hydrogen-bond acceptors (Lipinski definition) is 4. The third kappa shape index (κ3) is 4.47. The molecule has 0 unspecified atom stereocenters. The van der Waals surface area contributed by atoms with Gasteiger partial charge in [-0.05, 0) is 48.5 Å². The summed E-state index contributed by atoms with van der Waals surface area (Å²) in [7, 11) is 0. The fourth-order valence-electron chi connectivity index (χ4n) is 3.00. The molecule has 0 amide bonds. The molecule has 0 spiro atoms. The van der Waals surface area contributed by atoms with Crippen LogP contribution in [-0.2, 0) is 6.54 Å². The number of nitrogens with zero attached hydrogens (tertiary/aromatic N) is 2. The maximum atomic E-state index is 11.6. The highest BCUT2D eigenvalue weighted by molar-refractivity contribution is 7.80. The predicted molar refractivity (Wildman–Crippen MR) is 120 cm³/mol. The highest BCUT2D eigenvalue weighted by atomic mass is 35.5. The second-order valence-corrected chi connectivity index (χ2v) is 7.34. The standard InChI is InChI=1S/C21H17ClN4O2S/c1-13-10-20(27)28-18-11-15(6-7-16(13)18)23-21(29)24-19-8-9-26(25-19)12-14-4-2-3-5-17(14)22/h2-11H,12H2,1H3,(H2,23,24,25,29). The van der Waals surface area contributed by atoms with Crippen molar-refractivity contribution in [3.63, 3.8) is 0 Å². The number of anilines is 2. The Bertz CT molecular complexity index is 1270. The van der Waals surface area contributed by atoms with Gasteiger partial charge in [0.25, 0.3) is 0 Å². The predicted octanol–water partition coefficient (Wildman–Crippen LogP) is 4.81. The van der Waals surface area contributed by atoms with E-state index in [0.29, 0.717) is 33.8 Å². The van der Waals surface area contributed by atoms with Gasteiger partial charge >= 0.3 is 5.63 Å². The van der Waals surface area contributed by atoms with E-state index in [1.54, 1.807) is 10.7 Å². The lowest BCUT2D eigenvalue weighted by Crippen LogP contribution is -2.19. The molecule has 0 atom stereocenters. The number of thiocarbonyl (C=S) groups is 1. The normalized spacial score (nSPS) is 10.8. The van der Waals surface area contributed by atoms with Crippen molar-refractivity contribution < 1.29 is 4.42 Å². The van der Waals surface area contributed by atoms with Crippen molar-refractivity contribution >= 4 is 51.4 Å². The smallest absolute Gasteiger partial charge is 0.336 e. The van der Waals surface area contributed by atoms with Gasteiger partial charge in [-0.3, -0.25) is 4.68 Å². The first-order valence-corrected chi connectivity index (χ1v) is 9.66.